The van der Waals surface area contributed by atoms with Crippen LogP contribution in [-0.4, -0.2) is 11.8 Å². The second kappa shape index (κ2) is 4.37. The van der Waals surface area contributed by atoms with Gasteiger partial charge in [-0.3, -0.25) is 4.79 Å². The molecule has 1 rings (SSSR count). The summed E-state index contributed by atoms with van der Waals surface area (Å²) in [6.45, 7) is 0. The van der Waals surface area contributed by atoms with Gasteiger partial charge in [-0.2, -0.15) is 5.90 Å². The highest BCUT2D eigenvalue weighted by atomic mass is 16.7. The molecule has 1 aromatic carbocycles. The molecule has 0 fully saturated rings. The Morgan fingerprint density at radius 1 is 1.23 bits per heavy atom. The van der Waals surface area contributed by atoms with Gasteiger partial charge in [0.25, 0.3) is 0 Å². The molecule has 0 spiro atoms. The number of hydrogen-bond acceptors (Lipinski definition) is 4. The zero-order chi connectivity index (χ0) is 9.68. The maximum Gasteiger partial charge on any atom is 0.332 e. The second-order valence-electron chi connectivity index (χ2n) is 2.46. The fourth-order valence-corrected chi connectivity index (χ4v) is 0.899. The third-order valence-electron chi connectivity index (χ3n) is 1.53. The van der Waals surface area contributed by atoms with Crippen LogP contribution in [0.5, 0.6) is 0 Å². The first-order valence-electron chi connectivity index (χ1n) is 3.72. The quantitative estimate of drug-likeness (QED) is 0.420. The minimum atomic E-state index is -0.728. The van der Waals surface area contributed by atoms with Crippen LogP contribution in [0.1, 0.15) is 16.8 Å². The van der Waals surface area contributed by atoms with E-state index in [-0.39, 0.29) is 12.2 Å². The molecular weight excluding hydrogens is 170 g/mol. The Kier molecular flexibility index (Phi) is 3.16. The zero-order valence-electron chi connectivity index (χ0n) is 6.90. The molecule has 2 N–H and O–H groups in total. The van der Waals surface area contributed by atoms with Crippen molar-refractivity contribution < 1.29 is 14.4 Å². The van der Waals surface area contributed by atoms with E-state index in [9.17, 15) is 9.59 Å². The smallest absolute Gasteiger partial charge is 0.332 e. The molecule has 0 heterocycles. The van der Waals surface area contributed by atoms with Gasteiger partial charge in [0.15, 0.2) is 5.78 Å². The summed E-state index contributed by atoms with van der Waals surface area (Å²) in [5, 5.41) is 0. The van der Waals surface area contributed by atoms with Gasteiger partial charge in [-0.05, 0) is 0 Å². The first-order valence-corrected chi connectivity index (χ1v) is 3.72. The van der Waals surface area contributed by atoms with Crippen molar-refractivity contribution in [2.24, 2.45) is 5.90 Å². The highest BCUT2D eigenvalue weighted by Crippen LogP contribution is 2.02. The first kappa shape index (κ1) is 9.41. The van der Waals surface area contributed by atoms with E-state index in [4.69, 9.17) is 0 Å². The van der Waals surface area contributed by atoms with Crippen LogP contribution in [0.25, 0.3) is 0 Å². The Balaban J connectivity index is 2.65. The van der Waals surface area contributed by atoms with Crippen LogP contribution in [0.15, 0.2) is 30.3 Å². The normalized spacial score (nSPS) is 9.31. The van der Waals surface area contributed by atoms with E-state index < -0.39 is 5.97 Å². The molecule has 0 aliphatic rings. The standard InChI is InChI=1S/C9H9NO3/c10-13-9(12)6-8(11)7-4-2-1-3-5-7/h1-5H,6,10H2. The molecule has 0 radical (unpaired) electrons. The van der Waals surface area contributed by atoms with Gasteiger partial charge >= 0.3 is 5.97 Å². The molecule has 0 amide bonds. The second-order valence-corrected chi connectivity index (χ2v) is 2.46. The van der Waals surface area contributed by atoms with E-state index in [0.29, 0.717) is 5.56 Å². The third-order valence-corrected chi connectivity index (χ3v) is 1.53. The van der Waals surface area contributed by atoms with Crippen molar-refractivity contribution >= 4 is 11.8 Å². The van der Waals surface area contributed by atoms with Crippen LogP contribution >= 0.6 is 0 Å². The summed E-state index contributed by atoms with van der Waals surface area (Å²) in [4.78, 5) is 25.8. The summed E-state index contributed by atoms with van der Waals surface area (Å²) in [5.41, 5.74) is 0.480. The molecular formula is C9H9NO3. The van der Waals surface area contributed by atoms with Crippen LogP contribution in [0.4, 0.5) is 0 Å². The van der Waals surface area contributed by atoms with Gasteiger partial charge in [-0.25, -0.2) is 4.79 Å². The number of nitrogens with two attached hydrogens (primary N) is 1. The molecule has 0 aliphatic carbocycles. The summed E-state index contributed by atoms with van der Waals surface area (Å²) >= 11 is 0. The lowest BCUT2D eigenvalue weighted by atomic mass is 10.1. The molecule has 0 atom stereocenters. The van der Waals surface area contributed by atoms with E-state index in [0.717, 1.165) is 0 Å². The number of carbonyl (C=O) groups excluding carboxylic acids is 2. The molecule has 4 heteroatoms. The van der Waals surface area contributed by atoms with Crippen molar-refractivity contribution in [3.05, 3.63) is 35.9 Å². The highest BCUT2D eigenvalue weighted by molar-refractivity contribution is 6.05. The lowest BCUT2D eigenvalue weighted by molar-refractivity contribution is -0.143. The number of Topliss-reactive ketones (excluding diaryl/α,β-unsaturated/α-hetero) is 1. The Labute approximate surface area is 75.3 Å². The highest BCUT2D eigenvalue weighted by Gasteiger charge is 2.11. The molecule has 0 saturated carbocycles. The maximum atomic E-state index is 11.3. The minimum absolute atomic E-state index is 0.295. The molecule has 0 unspecified atom stereocenters. The predicted molar refractivity (Wildman–Crippen MR) is 45.7 cm³/mol. The minimum Gasteiger partial charge on any atom is -0.373 e. The molecule has 0 aliphatic heterocycles. The molecule has 4 nitrogen and oxygen atoms in total. The van der Waals surface area contributed by atoms with E-state index in [2.05, 4.69) is 10.7 Å². The fraction of sp³-hybridized carbons (Fsp3) is 0.111. The topological polar surface area (TPSA) is 69.4 Å². The lowest BCUT2D eigenvalue weighted by Gasteiger charge is -1.97. The van der Waals surface area contributed by atoms with Crippen molar-refractivity contribution in [1.29, 1.82) is 0 Å². The van der Waals surface area contributed by atoms with Crippen LogP contribution in [0.2, 0.25) is 0 Å². The monoisotopic (exact) mass is 179 g/mol. The van der Waals surface area contributed by atoms with Crippen molar-refractivity contribution in [2.75, 3.05) is 0 Å². The largest absolute Gasteiger partial charge is 0.373 e. The number of hydrogen-bond donors (Lipinski definition) is 1. The van der Waals surface area contributed by atoms with Crippen molar-refractivity contribution in [3.8, 4) is 0 Å². The average molecular weight is 179 g/mol. The maximum absolute atomic E-state index is 11.3. The molecule has 0 aromatic heterocycles. The van der Waals surface area contributed by atoms with E-state index >= 15 is 0 Å². The summed E-state index contributed by atoms with van der Waals surface area (Å²) in [6, 6.07) is 8.50. The van der Waals surface area contributed by atoms with Gasteiger partial charge in [0, 0.05) is 5.56 Å². The van der Waals surface area contributed by atoms with E-state index in [1.165, 1.54) is 0 Å². The Bertz CT molecular complexity index is 308. The lowest BCUT2D eigenvalue weighted by Crippen LogP contribution is -2.14. The zero-order valence-corrected chi connectivity index (χ0v) is 6.90. The van der Waals surface area contributed by atoms with Crippen LogP contribution < -0.4 is 5.90 Å². The third kappa shape index (κ3) is 2.68. The SMILES string of the molecule is NOC(=O)CC(=O)c1ccccc1. The Hall–Kier alpha value is -1.68. The van der Waals surface area contributed by atoms with Crippen LogP contribution in [0, 0.1) is 0 Å². The van der Waals surface area contributed by atoms with Gasteiger partial charge in [0.2, 0.25) is 0 Å². The summed E-state index contributed by atoms with van der Waals surface area (Å²) in [5.74, 6) is 3.57. The van der Waals surface area contributed by atoms with E-state index in [1.807, 2.05) is 0 Å². The average Bonchev–Trinajstić information content (AvgIpc) is 2.19. The van der Waals surface area contributed by atoms with Crippen LogP contribution in [0.3, 0.4) is 0 Å². The van der Waals surface area contributed by atoms with Gasteiger partial charge in [0.05, 0.1) is 0 Å². The summed E-state index contributed by atoms with van der Waals surface area (Å²) in [6.07, 6.45) is -0.319. The summed E-state index contributed by atoms with van der Waals surface area (Å²) < 4.78 is 0. The van der Waals surface area contributed by atoms with Gasteiger partial charge in [-0.15, -0.1) is 0 Å². The summed E-state index contributed by atoms with van der Waals surface area (Å²) in [7, 11) is 0. The van der Waals surface area contributed by atoms with Gasteiger partial charge in [0.1, 0.15) is 6.42 Å². The van der Waals surface area contributed by atoms with Crippen molar-refractivity contribution in [2.45, 2.75) is 6.42 Å². The number of rotatable bonds is 3. The molecule has 0 saturated heterocycles. The van der Waals surface area contributed by atoms with Crippen LogP contribution in [-0.2, 0) is 9.63 Å². The predicted octanol–water partition coefficient (Wildman–Crippen LogP) is 0.676. The number of carbonyl (C=O) groups is 2. The van der Waals surface area contributed by atoms with E-state index in [1.54, 1.807) is 30.3 Å². The molecule has 0 bridgehead atoms. The molecule has 13 heavy (non-hydrogen) atoms. The molecule has 1 aromatic rings. The van der Waals surface area contributed by atoms with Crippen molar-refractivity contribution in [3.63, 3.8) is 0 Å². The van der Waals surface area contributed by atoms with Gasteiger partial charge in [-0.1, -0.05) is 30.3 Å². The number of ketones is 1. The Morgan fingerprint density at radius 3 is 2.38 bits per heavy atom. The number of benzene rings is 1. The Morgan fingerprint density at radius 2 is 1.85 bits per heavy atom. The van der Waals surface area contributed by atoms with Gasteiger partial charge < -0.3 is 4.84 Å². The fourth-order valence-electron chi connectivity index (χ4n) is 0.899. The van der Waals surface area contributed by atoms with Crippen molar-refractivity contribution in [1.82, 2.24) is 0 Å². The molecule has 68 valence electrons. The first-order chi connectivity index (χ1) is 6.24.